The van der Waals surface area contributed by atoms with E-state index in [1.165, 1.54) is 24.1 Å². The summed E-state index contributed by atoms with van der Waals surface area (Å²) in [4.78, 5) is 9.60. The number of nitrogens with one attached hydrogen (secondary N) is 1. The minimum atomic E-state index is 0.383. The molecule has 4 nitrogen and oxygen atoms in total. The smallest absolute Gasteiger partial charge is 0.134 e. The molecule has 0 aliphatic carbocycles. The van der Waals surface area contributed by atoms with E-state index in [1.54, 1.807) is 0 Å². The van der Waals surface area contributed by atoms with E-state index in [1.807, 2.05) is 0 Å². The number of nitrogens with zero attached hydrogens (tertiary/aromatic N) is 2. The molecule has 2 saturated heterocycles. The van der Waals surface area contributed by atoms with E-state index >= 15 is 0 Å². The van der Waals surface area contributed by atoms with Gasteiger partial charge in [-0.1, -0.05) is 0 Å². The zero-order valence-corrected chi connectivity index (χ0v) is 10.8. The van der Waals surface area contributed by atoms with Crippen LogP contribution in [0.5, 0.6) is 0 Å². The Hall–Kier alpha value is -1.00. The third-order valence-electron chi connectivity index (χ3n) is 4.59. The number of ether oxygens (including phenoxy) is 1. The monoisotopic (exact) mass is 245 g/mol. The highest BCUT2D eigenvalue weighted by Gasteiger charge is 2.43. The van der Waals surface area contributed by atoms with Gasteiger partial charge in [0.25, 0.3) is 0 Å². The van der Waals surface area contributed by atoms with Crippen LogP contribution in [-0.4, -0.2) is 28.7 Å². The van der Waals surface area contributed by atoms with E-state index in [4.69, 9.17) is 14.7 Å². The van der Waals surface area contributed by atoms with Crippen molar-refractivity contribution in [3.8, 4) is 0 Å². The predicted octanol–water partition coefficient (Wildman–Crippen LogP) is 1.47. The Morgan fingerprint density at radius 2 is 2.22 bits per heavy atom. The lowest BCUT2D eigenvalue weighted by molar-refractivity contribution is 0.0998. The molecule has 2 fully saturated rings. The van der Waals surface area contributed by atoms with Gasteiger partial charge in [-0.3, -0.25) is 0 Å². The van der Waals surface area contributed by atoms with Crippen LogP contribution < -0.4 is 5.32 Å². The summed E-state index contributed by atoms with van der Waals surface area (Å²) >= 11 is 0. The molecular formula is C14H19N3O. The van der Waals surface area contributed by atoms with Gasteiger partial charge in [-0.2, -0.15) is 0 Å². The van der Waals surface area contributed by atoms with Crippen molar-refractivity contribution in [1.82, 2.24) is 15.3 Å². The lowest BCUT2D eigenvalue weighted by atomic mass is 9.88. The van der Waals surface area contributed by atoms with Crippen LogP contribution in [0.15, 0.2) is 0 Å². The van der Waals surface area contributed by atoms with Crippen molar-refractivity contribution in [2.24, 2.45) is 0 Å². The zero-order chi connectivity index (χ0) is 12.1. The Labute approximate surface area is 107 Å². The highest BCUT2D eigenvalue weighted by atomic mass is 16.5. The lowest BCUT2D eigenvalue weighted by Gasteiger charge is -2.22. The van der Waals surface area contributed by atoms with Crippen molar-refractivity contribution in [1.29, 1.82) is 0 Å². The minimum absolute atomic E-state index is 0.383. The van der Waals surface area contributed by atoms with Crippen LogP contribution in [0.2, 0.25) is 0 Å². The first-order chi connectivity index (χ1) is 8.81. The first-order valence-electron chi connectivity index (χ1n) is 7.04. The molecule has 3 aliphatic rings. The molecule has 4 heteroatoms. The Kier molecular flexibility index (Phi) is 2.42. The van der Waals surface area contributed by atoms with Gasteiger partial charge < -0.3 is 10.1 Å². The summed E-state index contributed by atoms with van der Waals surface area (Å²) in [5.74, 6) is 1.49. The van der Waals surface area contributed by atoms with E-state index in [0.29, 0.717) is 18.1 Å². The molecule has 4 heterocycles. The van der Waals surface area contributed by atoms with Crippen molar-refractivity contribution < 1.29 is 4.74 Å². The van der Waals surface area contributed by atoms with E-state index in [2.05, 4.69) is 12.2 Å². The molecular weight excluding hydrogens is 226 g/mol. The van der Waals surface area contributed by atoms with Gasteiger partial charge in [0, 0.05) is 36.7 Å². The Balaban J connectivity index is 1.71. The Bertz CT molecular complexity index is 488. The largest absolute Gasteiger partial charge is 0.374 e. The third kappa shape index (κ3) is 1.59. The summed E-state index contributed by atoms with van der Waals surface area (Å²) < 4.78 is 5.93. The molecule has 0 spiro atoms. The second-order valence-corrected chi connectivity index (χ2v) is 5.74. The van der Waals surface area contributed by atoms with Gasteiger partial charge in [-0.25, -0.2) is 9.97 Å². The molecule has 0 radical (unpaired) electrons. The second kappa shape index (κ2) is 4.00. The maximum atomic E-state index is 5.93. The van der Waals surface area contributed by atoms with Crippen molar-refractivity contribution >= 4 is 0 Å². The van der Waals surface area contributed by atoms with E-state index in [9.17, 15) is 0 Å². The van der Waals surface area contributed by atoms with Crippen LogP contribution in [0.25, 0.3) is 0 Å². The summed E-state index contributed by atoms with van der Waals surface area (Å²) in [5.41, 5.74) is 3.73. The molecule has 3 atom stereocenters. The van der Waals surface area contributed by atoms with E-state index < -0.39 is 0 Å². The summed E-state index contributed by atoms with van der Waals surface area (Å²) in [6.07, 6.45) is 5.44. The fourth-order valence-corrected chi connectivity index (χ4v) is 3.61. The number of hydrogen-bond donors (Lipinski definition) is 1. The van der Waals surface area contributed by atoms with Gasteiger partial charge >= 0.3 is 0 Å². The topological polar surface area (TPSA) is 47.0 Å². The van der Waals surface area contributed by atoms with Gasteiger partial charge in [0.1, 0.15) is 5.82 Å². The zero-order valence-electron chi connectivity index (χ0n) is 10.8. The molecule has 18 heavy (non-hydrogen) atoms. The van der Waals surface area contributed by atoms with Crippen LogP contribution in [0.4, 0.5) is 0 Å². The molecule has 0 saturated carbocycles. The van der Waals surface area contributed by atoms with Crippen molar-refractivity contribution in [3.63, 3.8) is 0 Å². The van der Waals surface area contributed by atoms with Crippen LogP contribution in [0.1, 0.15) is 48.0 Å². The molecule has 1 aromatic heterocycles. The lowest BCUT2D eigenvalue weighted by Crippen LogP contribution is -2.28. The quantitative estimate of drug-likeness (QED) is 0.814. The van der Waals surface area contributed by atoms with E-state index in [-0.39, 0.29) is 0 Å². The molecule has 3 unspecified atom stereocenters. The summed E-state index contributed by atoms with van der Waals surface area (Å²) in [7, 11) is 0. The van der Waals surface area contributed by atoms with Gasteiger partial charge in [0.2, 0.25) is 0 Å². The van der Waals surface area contributed by atoms with Gasteiger partial charge in [0.15, 0.2) is 0 Å². The fraction of sp³-hybridized carbons (Fsp3) is 0.714. The molecule has 1 N–H and O–H groups in total. The normalized spacial score (nSPS) is 33.7. The SMILES string of the molecule is Cc1nc(C2CC3CCC2O3)nc2c1CNCC2. The summed E-state index contributed by atoms with van der Waals surface area (Å²) in [5, 5.41) is 3.39. The number of rotatable bonds is 1. The number of aromatic nitrogens is 2. The predicted molar refractivity (Wildman–Crippen MR) is 67.4 cm³/mol. The molecule has 0 amide bonds. The minimum Gasteiger partial charge on any atom is -0.374 e. The first-order valence-corrected chi connectivity index (χ1v) is 7.04. The van der Waals surface area contributed by atoms with E-state index in [0.717, 1.165) is 37.4 Å². The fourth-order valence-electron chi connectivity index (χ4n) is 3.61. The Morgan fingerprint density at radius 1 is 1.28 bits per heavy atom. The molecule has 96 valence electrons. The molecule has 3 aliphatic heterocycles. The molecule has 4 rings (SSSR count). The van der Waals surface area contributed by atoms with Crippen molar-refractivity contribution in [3.05, 3.63) is 22.8 Å². The standard InChI is InChI=1S/C14H19N3O/c1-8-11-7-15-5-4-12(11)17-14(16-8)10-6-9-2-3-13(10)18-9/h9-10,13,15H,2-7H2,1H3. The highest BCUT2D eigenvalue weighted by Crippen LogP contribution is 2.43. The van der Waals surface area contributed by atoms with Gasteiger partial charge in [-0.15, -0.1) is 0 Å². The maximum absolute atomic E-state index is 5.93. The third-order valence-corrected chi connectivity index (χ3v) is 4.59. The number of hydrogen-bond acceptors (Lipinski definition) is 4. The van der Waals surface area contributed by atoms with Crippen LogP contribution in [0, 0.1) is 6.92 Å². The van der Waals surface area contributed by atoms with Crippen molar-refractivity contribution in [2.75, 3.05) is 6.54 Å². The Morgan fingerprint density at radius 3 is 3.00 bits per heavy atom. The molecule has 0 aromatic carbocycles. The molecule has 1 aromatic rings. The highest BCUT2D eigenvalue weighted by molar-refractivity contribution is 5.28. The average molecular weight is 245 g/mol. The molecule has 2 bridgehead atoms. The summed E-state index contributed by atoms with van der Waals surface area (Å²) in [6, 6.07) is 0. The van der Waals surface area contributed by atoms with Gasteiger partial charge in [0.05, 0.1) is 17.9 Å². The second-order valence-electron chi connectivity index (χ2n) is 5.74. The van der Waals surface area contributed by atoms with Gasteiger partial charge in [-0.05, 0) is 26.2 Å². The van der Waals surface area contributed by atoms with Crippen molar-refractivity contribution in [2.45, 2.75) is 57.3 Å². The summed E-state index contributed by atoms with van der Waals surface area (Å²) in [6.45, 7) is 4.08. The number of fused-ring (bicyclic) bond motifs is 3. The maximum Gasteiger partial charge on any atom is 0.134 e. The first kappa shape index (κ1) is 10.9. The average Bonchev–Trinajstić information content (AvgIpc) is 3.01. The number of aryl methyl sites for hydroxylation is 1. The van der Waals surface area contributed by atoms with Crippen LogP contribution in [-0.2, 0) is 17.7 Å². The van der Waals surface area contributed by atoms with Crippen LogP contribution in [0.3, 0.4) is 0 Å². The van der Waals surface area contributed by atoms with Crippen LogP contribution >= 0.6 is 0 Å².